The van der Waals surface area contributed by atoms with Crippen LogP contribution in [-0.4, -0.2) is 9.78 Å². The lowest BCUT2D eigenvalue weighted by Gasteiger charge is -1.94. The van der Waals surface area contributed by atoms with Crippen LogP contribution in [0.3, 0.4) is 0 Å². The van der Waals surface area contributed by atoms with Gasteiger partial charge in [0.1, 0.15) is 5.69 Å². The highest BCUT2D eigenvalue weighted by atomic mass is 127. The molecule has 1 heterocycles. The van der Waals surface area contributed by atoms with Crippen molar-refractivity contribution in [3.63, 3.8) is 0 Å². The maximum atomic E-state index is 4.34. The molecule has 92 valence electrons. The summed E-state index contributed by atoms with van der Waals surface area (Å²) in [5.41, 5.74) is 1.07. The Bertz CT molecular complexity index is 470. The third kappa shape index (κ3) is 4.06. The van der Waals surface area contributed by atoms with Crippen molar-refractivity contribution >= 4 is 15.9 Å². The minimum atomic E-state index is 0. The summed E-state index contributed by atoms with van der Waals surface area (Å²) < 4.78 is 5.07. The van der Waals surface area contributed by atoms with E-state index < -0.39 is 0 Å². The molecule has 0 aliphatic heterocycles. The number of nitrogens with zero attached hydrogens (tertiary/aromatic N) is 3. The van der Waals surface area contributed by atoms with Crippen LogP contribution in [0.4, 0.5) is 0 Å². The number of halogens is 2. The standard InChI is InChI=1S/C12H15BrN3.HI/c1-2-3-7-15-9-14-16(10-15)12-6-4-5-11(13)8-12;/h4-6,8-10H,2-3,7H2,1H3;1H/q+1;/p-1. The van der Waals surface area contributed by atoms with Gasteiger partial charge in [-0.25, -0.2) is 4.57 Å². The van der Waals surface area contributed by atoms with Gasteiger partial charge >= 0.3 is 0 Å². The molecular weight excluding hydrogens is 393 g/mol. The minimum Gasteiger partial charge on any atom is -1.00 e. The molecule has 2 rings (SSSR count). The zero-order chi connectivity index (χ0) is 11.4. The van der Waals surface area contributed by atoms with E-state index in [0.29, 0.717) is 0 Å². The molecule has 0 saturated carbocycles. The molecule has 0 aliphatic carbocycles. The average molecular weight is 408 g/mol. The van der Waals surface area contributed by atoms with E-state index in [1.54, 1.807) is 0 Å². The fraction of sp³-hybridized carbons (Fsp3) is 0.333. The first-order valence-corrected chi connectivity index (χ1v) is 6.28. The fourth-order valence-corrected chi connectivity index (χ4v) is 1.92. The van der Waals surface area contributed by atoms with Crippen molar-refractivity contribution in [1.29, 1.82) is 0 Å². The van der Waals surface area contributed by atoms with E-state index in [0.717, 1.165) is 16.7 Å². The number of aryl methyl sites for hydroxylation is 1. The topological polar surface area (TPSA) is 21.7 Å². The molecule has 0 aliphatic rings. The van der Waals surface area contributed by atoms with Crippen molar-refractivity contribution in [2.75, 3.05) is 0 Å². The van der Waals surface area contributed by atoms with Gasteiger partial charge in [-0.15, -0.1) is 0 Å². The molecule has 0 bridgehead atoms. The Morgan fingerprint density at radius 3 is 2.94 bits per heavy atom. The Hall–Kier alpha value is -0.430. The van der Waals surface area contributed by atoms with E-state index in [-0.39, 0.29) is 24.0 Å². The van der Waals surface area contributed by atoms with Gasteiger partial charge in [-0.2, -0.15) is 0 Å². The first kappa shape index (κ1) is 14.6. The second-order valence-electron chi connectivity index (χ2n) is 3.76. The van der Waals surface area contributed by atoms with E-state index in [1.807, 2.05) is 35.5 Å². The summed E-state index contributed by atoms with van der Waals surface area (Å²) in [6, 6.07) is 8.12. The van der Waals surface area contributed by atoms with Gasteiger partial charge in [0.15, 0.2) is 0 Å². The highest BCUT2D eigenvalue weighted by molar-refractivity contribution is 9.10. The Morgan fingerprint density at radius 2 is 2.24 bits per heavy atom. The summed E-state index contributed by atoms with van der Waals surface area (Å²) in [6.07, 6.45) is 6.29. The Balaban J connectivity index is 0.00000144. The third-order valence-electron chi connectivity index (χ3n) is 2.42. The highest BCUT2D eigenvalue weighted by Crippen LogP contribution is 2.13. The summed E-state index contributed by atoms with van der Waals surface area (Å²) in [4.78, 5) is 0. The predicted molar refractivity (Wildman–Crippen MR) is 66.4 cm³/mol. The van der Waals surface area contributed by atoms with Crippen LogP contribution < -0.4 is 28.5 Å². The van der Waals surface area contributed by atoms with Crippen LogP contribution in [0.1, 0.15) is 19.8 Å². The van der Waals surface area contributed by atoms with Gasteiger partial charge in [-0.1, -0.05) is 40.0 Å². The van der Waals surface area contributed by atoms with Crippen LogP contribution in [-0.2, 0) is 6.54 Å². The van der Waals surface area contributed by atoms with Gasteiger partial charge in [-0.05, 0) is 24.6 Å². The molecule has 0 saturated heterocycles. The summed E-state index contributed by atoms with van der Waals surface area (Å²) in [6.45, 7) is 3.23. The second kappa shape index (κ2) is 7.10. The number of aromatic nitrogens is 3. The molecule has 17 heavy (non-hydrogen) atoms. The van der Waals surface area contributed by atoms with Crippen molar-refractivity contribution in [1.82, 2.24) is 9.78 Å². The van der Waals surface area contributed by atoms with Gasteiger partial charge in [0.05, 0.1) is 6.54 Å². The van der Waals surface area contributed by atoms with Gasteiger partial charge in [0, 0.05) is 9.57 Å². The van der Waals surface area contributed by atoms with Crippen molar-refractivity contribution in [2.45, 2.75) is 26.3 Å². The molecule has 1 aromatic heterocycles. The molecule has 1 aromatic carbocycles. The lowest BCUT2D eigenvalue weighted by Crippen LogP contribution is -3.00. The molecule has 2 aromatic rings. The molecule has 0 atom stereocenters. The molecular formula is C12H15BrIN3. The van der Waals surface area contributed by atoms with E-state index in [1.165, 1.54) is 12.8 Å². The largest absolute Gasteiger partial charge is 1.00 e. The molecule has 5 heteroatoms. The van der Waals surface area contributed by atoms with E-state index in [9.17, 15) is 0 Å². The van der Waals surface area contributed by atoms with Crippen molar-refractivity contribution in [3.8, 4) is 5.69 Å². The van der Waals surface area contributed by atoms with Crippen molar-refractivity contribution in [3.05, 3.63) is 41.4 Å². The fourth-order valence-electron chi connectivity index (χ4n) is 1.53. The monoisotopic (exact) mass is 407 g/mol. The van der Waals surface area contributed by atoms with E-state index >= 15 is 0 Å². The highest BCUT2D eigenvalue weighted by Gasteiger charge is 2.07. The number of unbranched alkanes of at least 4 members (excludes halogenated alkanes) is 1. The predicted octanol–water partition coefficient (Wildman–Crippen LogP) is -0.274. The molecule has 0 fully saturated rings. The van der Waals surface area contributed by atoms with E-state index in [2.05, 4.69) is 38.6 Å². The molecule has 0 spiro atoms. The lowest BCUT2D eigenvalue weighted by atomic mass is 10.3. The first-order chi connectivity index (χ1) is 7.79. The van der Waals surface area contributed by atoms with Crippen LogP contribution in [0.2, 0.25) is 0 Å². The van der Waals surface area contributed by atoms with Gasteiger partial charge in [0.25, 0.3) is 6.33 Å². The maximum Gasteiger partial charge on any atom is 0.265 e. The van der Waals surface area contributed by atoms with Crippen molar-refractivity contribution in [2.24, 2.45) is 0 Å². The summed E-state index contributed by atoms with van der Waals surface area (Å²) >= 11 is 3.46. The lowest BCUT2D eigenvalue weighted by molar-refractivity contribution is -0.697. The van der Waals surface area contributed by atoms with Crippen LogP contribution in [0, 0.1) is 0 Å². The van der Waals surface area contributed by atoms with Crippen LogP contribution in [0.15, 0.2) is 41.4 Å². The molecule has 3 nitrogen and oxygen atoms in total. The summed E-state index contributed by atoms with van der Waals surface area (Å²) in [7, 11) is 0. The van der Waals surface area contributed by atoms with E-state index in [4.69, 9.17) is 0 Å². The number of hydrogen-bond donors (Lipinski definition) is 0. The normalized spacial score (nSPS) is 10.0. The quantitative estimate of drug-likeness (QED) is 0.505. The van der Waals surface area contributed by atoms with Crippen LogP contribution in [0.25, 0.3) is 5.69 Å². The van der Waals surface area contributed by atoms with Crippen LogP contribution >= 0.6 is 15.9 Å². The number of hydrogen-bond acceptors (Lipinski definition) is 1. The smallest absolute Gasteiger partial charge is 0.265 e. The van der Waals surface area contributed by atoms with Gasteiger partial charge in [0.2, 0.25) is 6.33 Å². The molecule has 0 radical (unpaired) electrons. The average Bonchev–Trinajstić information content (AvgIpc) is 2.75. The van der Waals surface area contributed by atoms with Crippen molar-refractivity contribution < 1.29 is 28.5 Å². The first-order valence-electron chi connectivity index (χ1n) is 5.49. The zero-order valence-corrected chi connectivity index (χ0v) is 13.4. The Kier molecular flexibility index (Phi) is 6.11. The number of benzene rings is 1. The number of rotatable bonds is 4. The summed E-state index contributed by atoms with van der Waals surface area (Å²) in [5.74, 6) is 0. The van der Waals surface area contributed by atoms with Gasteiger partial charge in [-0.3, -0.25) is 0 Å². The molecule has 0 N–H and O–H groups in total. The third-order valence-corrected chi connectivity index (χ3v) is 2.92. The van der Waals surface area contributed by atoms with Gasteiger partial charge < -0.3 is 24.0 Å². The van der Waals surface area contributed by atoms with Crippen LogP contribution in [0.5, 0.6) is 0 Å². The SMILES string of the molecule is CCCC[n+]1cnn(-c2cccc(Br)c2)c1.[I-]. The Morgan fingerprint density at radius 1 is 1.41 bits per heavy atom. The molecule has 0 unspecified atom stereocenters. The zero-order valence-electron chi connectivity index (χ0n) is 9.68. The minimum absolute atomic E-state index is 0. The maximum absolute atomic E-state index is 4.34. The Labute approximate surface area is 127 Å². The summed E-state index contributed by atoms with van der Waals surface area (Å²) in [5, 5.41) is 4.34. The second-order valence-corrected chi connectivity index (χ2v) is 4.68. The molecule has 0 amide bonds.